The molecule has 0 amide bonds. The molecule has 1 aromatic heterocycles. The molecule has 2 nitrogen and oxygen atoms in total. The average Bonchev–Trinajstić information content (AvgIpc) is 2.63. The number of hydrogen-bond acceptors (Lipinski definition) is 2. The molecule has 0 fully saturated rings. The number of rotatable bonds is 2. The summed E-state index contributed by atoms with van der Waals surface area (Å²) in [6.45, 7) is 2.01. The van der Waals surface area contributed by atoms with E-state index in [1.165, 1.54) is 0 Å². The minimum absolute atomic E-state index is 0.268. The summed E-state index contributed by atoms with van der Waals surface area (Å²) in [6.07, 6.45) is 0. The first-order chi connectivity index (χ1) is 11.7. The first-order valence-corrected chi connectivity index (χ1v) is 7.98. The topological polar surface area (TPSA) is 33.1 Å². The summed E-state index contributed by atoms with van der Waals surface area (Å²) in [5, 5.41) is 12.1. The smallest absolute Gasteiger partial charge is 0.116 e. The van der Waals surface area contributed by atoms with Gasteiger partial charge >= 0.3 is 0 Å². The molecular formula is C22H17NO. The molecular weight excluding hydrogens is 294 g/mol. The van der Waals surface area contributed by atoms with Crippen LogP contribution in [0.15, 0.2) is 78.9 Å². The van der Waals surface area contributed by atoms with E-state index in [2.05, 4.69) is 24.3 Å². The fraction of sp³-hybridized carbons (Fsp3) is 0.0455. The van der Waals surface area contributed by atoms with Crippen LogP contribution < -0.4 is 0 Å². The molecule has 0 aliphatic carbocycles. The molecule has 0 bridgehead atoms. The van der Waals surface area contributed by atoms with Crippen molar-refractivity contribution in [2.45, 2.75) is 6.92 Å². The molecule has 116 valence electrons. The Hall–Kier alpha value is -3.13. The van der Waals surface area contributed by atoms with Gasteiger partial charge in [0.2, 0.25) is 0 Å². The summed E-state index contributed by atoms with van der Waals surface area (Å²) in [6, 6.07) is 25.9. The van der Waals surface area contributed by atoms with E-state index >= 15 is 0 Å². The lowest BCUT2D eigenvalue weighted by Crippen LogP contribution is -1.95. The van der Waals surface area contributed by atoms with Gasteiger partial charge in [0.05, 0.1) is 5.69 Å². The van der Waals surface area contributed by atoms with Crippen LogP contribution in [0.1, 0.15) is 5.69 Å². The zero-order chi connectivity index (χ0) is 16.5. The standard InChI is InChI=1S/C22H17NO/c1-15-19-13-12-18(24)14-20(19)21(16-8-4-2-5-9-16)22(23-15)17-10-6-3-7-11-17/h2-14,24H,1H3. The Morgan fingerprint density at radius 1 is 0.708 bits per heavy atom. The maximum atomic E-state index is 10.0. The molecule has 0 radical (unpaired) electrons. The van der Waals surface area contributed by atoms with E-state index in [-0.39, 0.29) is 5.75 Å². The maximum Gasteiger partial charge on any atom is 0.116 e. The normalized spacial score (nSPS) is 10.9. The van der Waals surface area contributed by atoms with Gasteiger partial charge in [-0.25, -0.2) is 0 Å². The third kappa shape index (κ3) is 2.42. The number of aromatic nitrogens is 1. The van der Waals surface area contributed by atoms with Gasteiger partial charge in [0.1, 0.15) is 5.75 Å². The van der Waals surface area contributed by atoms with Gasteiger partial charge in [-0.05, 0) is 36.1 Å². The highest BCUT2D eigenvalue weighted by atomic mass is 16.3. The molecule has 0 atom stereocenters. The van der Waals surface area contributed by atoms with Crippen molar-refractivity contribution in [3.05, 3.63) is 84.6 Å². The van der Waals surface area contributed by atoms with Crippen LogP contribution in [-0.4, -0.2) is 10.1 Å². The first-order valence-electron chi connectivity index (χ1n) is 7.98. The van der Waals surface area contributed by atoms with Gasteiger partial charge in [0.15, 0.2) is 0 Å². The second-order valence-corrected chi connectivity index (χ2v) is 5.88. The molecule has 4 rings (SSSR count). The summed E-state index contributed by atoms with van der Waals surface area (Å²) >= 11 is 0. The molecule has 24 heavy (non-hydrogen) atoms. The maximum absolute atomic E-state index is 10.0. The highest BCUT2D eigenvalue weighted by Crippen LogP contribution is 2.38. The first kappa shape index (κ1) is 14.5. The highest BCUT2D eigenvalue weighted by molar-refractivity contribution is 6.04. The van der Waals surface area contributed by atoms with E-state index in [1.54, 1.807) is 6.07 Å². The number of aryl methyl sites for hydroxylation is 1. The predicted octanol–water partition coefficient (Wildman–Crippen LogP) is 5.58. The van der Waals surface area contributed by atoms with Crippen molar-refractivity contribution >= 4 is 10.8 Å². The second kappa shape index (κ2) is 5.82. The average molecular weight is 311 g/mol. The number of pyridine rings is 1. The van der Waals surface area contributed by atoms with Crippen LogP contribution in [0.25, 0.3) is 33.2 Å². The van der Waals surface area contributed by atoms with Gasteiger partial charge in [-0.15, -0.1) is 0 Å². The Morgan fingerprint density at radius 2 is 1.33 bits per heavy atom. The molecule has 1 N–H and O–H groups in total. The summed E-state index contributed by atoms with van der Waals surface area (Å²) in [7, 11) is 0. The van der Waals surface area contributed by atoms with Crippen molar-refractivity contribution in [3.63, 3.8) is 0 Å². The third-order valence-electron chi connectivity index (χ3n) is 4.29. The summed E-state index contributed by atoms with van der Waals surface area (Å²) in [5.41, 5.74) is 5.13. The minimum atomic E-state index is 0.268. The Labute approximate surface area is 141 Å². The van der Waals surface area contributed by atoms with Crippen molar-refractivity contribution in [3.8, 4) is 28.1 Å². The number of phenols is 1. The van der Waals surface area contributed by atoms with E-state index in [4.69, 9.17) is 4.98 Å². The summed E-state index contributed by atoms with van der Waals surface area (Å²) in [5.74, 6) is 0.268. The molecule has 0 aliphatic heterocycles. The van der Waals surface area contributed by atoms with Crippen LogP contribution in [0.5, 0.6) is 5.75 Å². The van der Waals surface area contributed by atoms with Crippen molar-refractivity contribution < 1.29 is 5.11 Å². The lowest BCUT2D eigenvalue weighted by atomic mass is 9.93. The van der Waals surface area contributed by atoms with Gasteiger partial charge in [-0.1, -0.05) is 60.7 Å². The Balaban J connectivity index is 2.16. The third-order valence-corrected chi connectivity index (χ3v) is 4.29. The van der Waals surface area contributed by atoms with Gasteiger partial charge < -0.3 is 5.11 Å². The zero-order valence-electron chi connectivity index (χ0n) is 13.4. The fourth-order valence-electron chi connectivity index (χ4n) is 3.17. The lowest BCUT2D eigenvalue weighted by Gasteiger charge is -2.15. The van der Waals surface area contributed by atoms with Gasteiger partial charge in [-0.3, -0.25) is 4.98 Å². The highest BCUT2D eigenvalue weighted by Gasteiger charge is 2.15. The molecule has 2 heteroatoms. The zero-order valence-corrected chi connectivity index (χ0v) is 13.4. The molecule has 0 spiro atoms. The van der Waals surface area contributed by atoms with Crippen molar-refractivity contribution in [2.24, 2.45) is 0 Å². The number of hydrogen-bond donors (Lipinski definition) is 1. The molecule has 3 aromatic carbocycles. The van der Waals surface area contributed by atoms with Crippen molar-refractivity contribution in [1.29, 1.82) is 0 Å². The van der Waals surface area contributed by atoms with Crippen LogP contribution in [0.2, 0.25) is 0 Å². The molecule has 1 heterocycles. The van der Waals surface area contributed by atoms with E-state index in [0.29, 0.717) is 0 Å². The molecule has 0 unspecified atom stereocenters. The van der Waals surface area contributed by atoms with Crippen LogP contribution in [0, 0.1) is 6.92 Å². The molecule has 4 aromatic rings. The minimum Gasteiger partial charge on any atom is -0.508 e. The molecule has 0 saturated carbocycles. The monoisotopic (exact) mass is 311 g/mol. The van der Waals surface area contributed by atoms with Crippen LogP contribution >= 0.6 is 0 Å². The second-order valence-electron chi connectivity index (χ2n) is 5.88. The Morgan fingerprint density at radius 3 is 2.00 bits per heavy atom. The summed E-state index contributed by atoms with van der Waals surface area (Å²) in [4.78, 5) is 4.90. The van der Waals surface area contributed by atoms with Crippen LogP contribution in [0.4, 0.5) is 0 Å². The number of phenolic OH excluding ortho intramolecular Hbond substituents is 1. The molecule has 0 saturated heterocycles. The lowest BCUT2D eigenvalue weighted by molar-refractivity contribution is 0.476. The molecule has 0 aliphatic rings. The number of nitrogens with zero attached hydrogens (tertiary/aromatic N) is 1. The number of fused-ring (bicyclic) bond motifs is 1. The van der Waals surface area contributed by atoms with Crippen LogP contribution in [0.3, 0.4) is 0 Å². The van der Waals surface area contributed by atoms with Gasteiger partial charge in [-0.2, -0.15) is 0 Å². The van der Waals surface area contributed by atoms with E-state index in [0.717, 1.165) is 38.9 Å². The Bertz CT molecular complexity index is 1010. The number of aromatic hydroxyl groups is 1. The van der Waals surface area contributed by atoms with Crippen molar-refractivity contribution in [1.82, 2.24) is 4.98 Å². The van der Waals surface area contributed by atoms with Gasteiger partial charge in [0.25, 0.3) is 0 Å². The summed E-state index contributed by atoms with van der Waals surface area (Å²) < 4.78 is 0. The quantitative estimate of drug-likeness (QED) is 0.524. The SMILES string of the molecule is Cc1nc(-c2ccccc2)c(-c2ccccc2)c2cc(O)ccc12. The largest absolute Gasteiger partial charge is 0.508 e. The van der Waals surface area contributed by atoms with Gasteiger partial charge in [0, 0.05) is 22.2 Å². The number of benzene rings is 3. The van der Waals surface area contributed by atoms with E-state index in [9.17, 15) is 5.11 Å². The van der Waals surface area contributed by atoms with Crippen molar-refractivity contribution in [2.75, 3.05) is 0 Å². The fourth-order valence-corrected chi connectivity index (χ4v) is 3.17. The Kier molecular flexibility index (Phi) is 3.51. The predicted molar refractivity (Wildman–Crippen MR) is 99.0 cm³/mol. The van der Waals surface area contributed by atoms with E-state index in [1.807, 2.05) is 55.5 Å². The van der Waals surface area contributed by atoms with E-state index < -0.39 is 0 Å². The van der Waals surface area contributed by atoms with Crippen LogP contribution in [-0.2, 0) is 0 Å².